The van der Waals surface area contributed by atoms with Crippen LogP contribution in [0.4, 0.5) is 0 Å². The Morgan fingerprint density at radius 2 is 1.88 bits per heavy atom. The van der Waals surface area contributed by atoms with Crippen LogP contribution in [0.25, 0.3) is 0 Å². The van der Waals surface area contributed by atoms with E-state index in [-0.39, 0.29) is 0 Å². The minimum absolute atomic E-state index is 0.292. The first-order valence-corrected chi connectivity index (χ1v) is 7.29. The van der Waals surface area contributed by atoms with Gasteiger partial charge in [0.25, 0.3) is 0 Å². The molecular weight excluding hydrogens is 210 g/mol. The Labute approximate surface area is 106 Å². The fourth-order valence-corrected chi connectivity index (χ4v) is 3.04. The molecule has 17 heavy (non-hydrogen) atoms. The summed E-state index contributed by atoms with van der Waals surface area (Å²) in [4.78, 5) is 2.62. The molecule has 0 spiro atoms. The Hall–Kier alpha value is -0.120. The van der Waals surface area contributed by atoms with Gasteiger partial charge in [0.2, 0.25) is 0 Å². The van der Waals surface area contributed by atoms with Crippen LogP contribution in [0, 0.1) is 0 Å². The van der Waals surface area contributed by atoms with Crippen LogP contribution >= 0.6 is 0 Å². The molecule has 1 aliphatic carbocycles. The monoisotopic (exact) mass is 239 g/mol. The van der Waals surface area contributed by atoms with Gasteiger partial charge in [-0.1, -0.05) is 6.92 Å². The summed E-state index contributed by atoms with van der Waals surface area (Å²) in [6.45, 7) is 12.9. The predicted octanol–water partition coefficient (Wildman–Crippen LogP) is 1.59. The van der Waals surface area contributed by atoms with Crippen molar-refractivity contribution in [2.75, 3.05) is 32.7 Å². The Morgan fingerprint density at radius 1 is 1.24 bits per heavy atom. The number of nitrogens with zero attached hydrogens (tertiary/aromatic N) is 1. The zero-order chi connectivity index (χ0) is 12.4. The van der Waals surface area contributed by atoms with E-state index in [1.165, 1.54) is 38.8 Å². The molecule has 1 heterocycles. The summed E-state index contributed by atoms with van der Waals surface area (Å²) in [6, 6.07) is 0. The molecule has 2 fully saturated rings. The van der Waals surface area contributed by atoms with Gasteiger partial charge < -0.3 is 10.6 Å². The molecule has 0 aromatic heterocycles. The fourth-order valence-electron chi connectivity index (χ4n) is 3.04. The van der Waals surface area contributed by atoms with Gasteiger partial charge in [0.1, 0.15) is 0 Å². The maximum absolute atomic E-state index is 3.86. The van der Waals surface area contributed by atoms with Gasteiger partial charge >= 0.3 is 0 Å². The Morgan fingerprint density at radius 3 is 2.35 bits per heavy atom. The van der Waals surface area contributed by atoms with Crippen LogP contribution in [0.2, 0.25) is 0 Å². The van der Waals surface area contributed by atoms with E-state index >= 15 is 0 Å². The zero-order valence-electron chi connectivity index (χ0n) is 11.8. The van der Waals surface area contributed by atoms with Gasteiger partial charge in [-0.3, -0.25) is 4.90 Å². The van der Waals surface area contributed by atoms with Crippen molar-refractivity contribution in [1.29, 1.82) is 0 Å². The summed E-state index contributed by atoms with van der Waals surface area (Å²) in [5.41, 5.74) is 0.769. The molecule has 0 radical (unpaired) electrons. The van der Waals surface area contributed by atoms with Crippen molar-refractivity contribution in [1.82, 2.24) is 15.5 Å². The Kier molecular flexibility index (Phi) is 4.11. The molecule has 0 amide bonds. The van der Waals surface area contributed by atoms with Gasteiger partial charge in [0.15, 0.2) is 0 Å². The largest absolute Gasteiger partial charge is 0.314 e. The summed E-state index contributed by atoms with van der Waals surface area (Å²) in [5.74, 6) is 0. The molecule has 100 valence electrons. The van der Waals surface area contributed by atoms with Gasteiger partial charge in [-0.15, -0.1) is 0 Å². The van der Waals surface area contributed by atoms with Crippen LogP contribution in [0.1, 0.15) is 46.5 Å². The van der Waals surface area contributed by atoms with Crippen molar-refractivity contribution in [2.45, 2.75) is 57.5 Å². The van der Waals surface area contributed by atoms with E-state index in [1.54, 1.807) is 0 Å². The lowest BCUT2D eigenvalue weighted by atomic mass is 9.74. The highest BCUT2D eigenvalue weighted by Crippen LogP contribution is 2.35. The molecule has 1 aliphatic heterocycles. The summed E-state index contributed by atoms with van der Waals surface area (Å²) in [7, 11) is 0. The van der Waals surface area contributed by atoms with Crippen molar-refractivity contribution in [3.05, 3.63) is 0 Å². The van der Waals surface area contributed by atoms with Crippen LogP contribution in [-0.4, -0.2) is 48.7 Å². The van der Waals surface area contributed by atoms with Crippen LogP contribution in [-0.2, 0) is 0 Å². The highest BCUT2D eigenvalue weighted by atomic mass is 15.3. The van der Waals surface area contributed by atoms with Crippen LogP contribution in [0.15, 0.2) is 0 Å². The van der Waals surface area contributed by atoms with Gasteiger partial charge in [0, 0.05) is 43.8 Å². The molecule has 2 rings (SSSR count). The second-order valence-corrected chi connectivity index (χ2v) is 6.39. The molecule has 3 heteroatoms. The zero-order valence-corrected chi connectivity index (χ0v) is 11.8. The maximum Gasteiger partial charge on any atom is 0.0278 e. The third-order valence-corrected chi connectivity index (χ3v) is 4.86. The smallest absolute Gasteiger partial charge is 0.0278 e. The van der Waals surface area contributed by atoms with E-state index in [4.69, 9.17) is 0 Å². The first-order valence-electron chi connectivity index (χ1n) is 7.29. The first kappa shape index (κ1) is 13.3. The lowest BCUT2D eigenvalue weighted by molar-refractivity contribution is 0.0771. The molecule has 0 atom stereocenters. The number of nitrogens with one attached hydrogen (secondary N) is 2. The molecule has 3 nitrogen and oxygen atoms in total. The first-order chi connectivity index (χ1) is 8.08. The van der Waals surface area contributed by atoms with Crippen molar-refractivity contribution in [3.8, 4) is 0 Å². The van der Waals surface area contributed by atoms with Crippen molar-refractivity contribution in [2.24, 2.45) is 0 Å². The maximum atomic E-state index is 3.86. The minimum Gasteiger partial charge on any atom is -0.314 e. The van der Waals surface area contributed by atoms with E-state index < -0.39 is 0 Å². The summed E-state index contributed by atoms with van der Waals surface area (Å²) < 4.78 is 0. The molecule has 2 aliphatic rings. The average Bonchev–Trinajstić information content (AvgIpc) is 2.29. The second kappa shape index (κ2) is 5.25. The molecule has 0 aromatic carbocycles. The molecule has 0 unspecified atom stereocenters. The lowest BCUT2D eigenvalue weighted by Gasteiger charge is -2.47. The average molecular weight is 239 g/mol. The molecule has 0 bridgehead atoms. The van der Waals surface area contributed by atoms with Gasteiger partial charge in [-0.2, -0.15) is 0 Å². The molecule has 1 saturated carbocycles. The van der Waals surface area contributed by atoms with Crippen LogP contribution in [0.3, 0.4) is 0 Å². The summed E-state index contributed by atoms with van der Waals surface area (Å²) >= 11 is 0. The normalized spacial score (nSPS) is 25.6. The SMILES string of the molecule is CCC1(NCC(C)(C)N2CCNCC2)CCC1. The van der Waals surface area contributed by atoms with Gasteiger partial charge in [-0.25, -0.2) is 0 Å². The molecule has 0 aromatic rings. The van der Waals surface area contributed by atoms with E-state index in [0.717, 1.165) is 19.6 Å². The number of rotatable bonds is 5. The summed E-state index contributed by atoms with van der Waals surface area (Å²) in [6.07, 6.45) is 5.45. The quantitative estimate of drug-likeness (QED) is 0.763. The fraction of sp³-hybridized carbons (Fsp3) is 1.00. The van der Waals surface area contributed by atoms with E-state index in [2.05, 4.69) is 36.3 Å². The highest BCUT2D eigenvalue weighted by molar-refractivity contribution is 4.98. The van der Waals surface area contributed by atoms with Gasteiger partial charge in [0.05, 0.1) is 0 Å². The summed E-state index contributed by atoms with van der Waals surface area (Å²) in [5, 5.41) is 7.29. The third-order valence-electron chi connectivity index (χ3n) is 4.86. The second-order valence-electron chi connectivity index (χ2n) is 6.39. The third kappa shape index (κ3) is 3.01. The van der Waals surface area contributed by atoms with E-state index in [0.29, 0.717) is 11.1 Å². The van der Waals surface area contributed by atoms with Gasteiger partial charge in [-0.05, 0) is 39.5 Å². The number of piperazine rings is 1. The number of hydrogen-bond acceptors (Lipinski definition) is 3. The highest BCUT2D eigenvalue weighted by Gasteiger charge is 2.37. The van der Waals surface area contributed by atoms with Crippen LogP contribution in [0.5, 0.6) is 0 Å². The van der Waals surface area contributed by atoms with E-state index in [9.17, 15) is 0 Å². The molecular formula is C14H29N3. The predicted molar refractivity (Wildman–Crippen MR) is 73.4 cm³/mol. The Bertz CT molecular complexity index is 234. The molecule has 2 N–H and O–H groups in total. The number of hydrogen-bond donors (Lipinski definition) is 2. The van der Waals surface area contributed by atoms with Crippen molar-refractivity contribution >= 4 is 0 Å². The van der Waals surface area contributed by atoms with Crippen molar-refractivity contribution in [3.63, 3.8) is 0 Å². The van der Waals surface area contributed by atoms with Crippen molar-refractivity contribution < 1.29 is 0 Å². The topological polar surface area (TPSA) is 27.3 Å². The minimum atomic E-state index is 0.292. The lowest BCUT2D eigenvalue weighted by Crippen LogP contribution is -2.61. The molecule has 1 saturated heterocycles. The van der Waals surface area contributed by atoms with Crippen LogP contribution < -0.4 is 10.6 Å². The Balaban J connectivity index is 1.83. The van der Waals surface area contributed by atoms with E-state index in [1.807, 2.05) is 0 Å². The standard InChI is InChI=1S/C14H29N3/c1-4-14(6-5-7-14)16-12-13(2,3)17-10-8-15-9-11-17/h15-16H,4-12H2,1-3H3.